The molecule has 1 N–H and O–H groups in total. The largest absolute Gasteiger partial charge is 0.308 e. The molecule has 94 valence electrons. The Morgan fingerprint density at radius 3 is 2.65 bits per heavy atom. The molecule has 0 saturated carbocycles. The fourth-order valence-electron chi connectivity index (χ4n) is 1.30. The van der Waals surface area contributed by atoms with E-state index in [2.05, 4.69) is 5.32 Å². The summed E-state index contributed by atoms with van der Waals surface area (Å²) in [6, 6.07) is 4.22. The van der Waals surface area contributed by atoms with Crippen molar-refractivity contribution in [2.45, 2.75) is 39.3 Å². The number of nitrogens with zero attached hydrogens (tertiary/aromatic N) is 1. The van der Waals surface area contributed by atoms with Gasteiger partial charge in [-0.05, 0) is 20.3 Å². The quantitative estimate of drug-likeness (QED) is 0.635. The van der Waals surface area contributed by atoms with E-state index in [1.807, 2.05) is 20.8 Å². The Kier molecular flexibility index (Phi) is 4.17. The molecule has 1 aromatic rings. The summed E-state index contributed by atoms with van der Waals surface area (Å²) in [5.74, 6) is -0.753. The Hall–Kier alpha value is -1.49. The SMILES string of the molecule is CCC(C)(C)NCc1cccc([N+](=O)[O-])c1F. The summed E-state index contributed by atoms with van der Waals surface area (Å²) < 4.78 is 13.7. The second-order valence-electron chi connectivity index (χ2n) is 4.60. The maximum absolute atomic E-state index is 13.7. The summed E-state index contributed by atoms with van der Waals surface area (Å²) in [4.78, 5) is 9.87. The van der Waals surface area contributed by atoms with Crippen molar-refractivity contribution in [2.75, 3.05) is 0 Å². The van der Waals surface area contributed by atoms with Crippen molar-refractivity contribution in [3.05, 3.63) is 39.7 Å². The standard InChI is InChI=1S/C12H17FN2O2/c1-4-12(2,3)14-8-9-6-5-7-10(11(9)13)15(16)17/h5-7,14H,4,8H2,1-3H3. The molecule has 0 fully saturated rings. The van der Waals surface area contributed by atoms with Gasteiger partial charge in [-0.2, -0.15) is 4.39 Å². The van der Waals surface area contributed by atoms with Gasteiger partial charge in [-0.15, -0.1) is 0 Å². The van der Waals surface area contributed by atoms with E-state index in [-0.39, 0.29) is 12.1 Å². The second-order valence-corrected chi connectivity index (χ2v) is 4.60. The van der Waals surface area contributed by atoms with Crippen LogP contribution < -0.4 is 5.32 Å². The molecule has 0 atom stereocenters. The van der Waals surface area contributed by atoms with Crippen LogP contribution in [0.1, 0.15) is 32.8 Å². The third-order valence-electron chi connectivity index (χ3n) is 2.90. The Labute approximate surface area is 100.0 Å². The molecular formula is C12H17FN2O2. The molecule has 0 spiro atoms. The highest BCUT2D eigenvalue weighted by molar-refractivity contribution is 5.36. The van der Waals surface area contributed by atoms with Crippen LogP contribution in [0, 0.1) is 15.9 Å². The van der Waals surface area contributed by atoms with Crippen molar-refractivity contribution in [3.8, 4) is 0 Å². The second kappa shape index (κ2) is 5.23. The zero-order valence-electron chi connectivity index (χ0n) is 10.3. The van der Waals surface area contributed by atoms with Crippen molar-refractivity contribution in [1.29, 1.82) is 0 Å². The molecule has 5 heteroatoms. The van der Waals surface area contributed by atoms with Crippen LogP contribution in [-0.4, -0.2) is 10.5 Å². The third-order valence-corrected chi connectivity index (χ3v) is 2.90. The number of halogens is 1. The van der Waals surface area contributed by atoms with Crippen LogP contribution >= 0.6 is 0 Å². The van der Waals surface area contributed by atoms with E-state index in [1.165, 1.54) is 12.1 Å². The first-order valence-corrected chi connectivity index (χ1v) is 5.54. The summed E-state index contributed by atoms with van der Waals surface area (Å²) in [6.45, 7) is 6.32. The minimum absolute atomic E-state index is 0.114. The highest BCUT2D eigenvalue weighted by Gasteiger charge is 2.19. The maximum atomic E-state index is 13.7. The molecule has 0 aromatic heterocycles. The molecule has 0 heterocycles. The number of hydrogen-bond acceptors (Lipinski definition) is 3. The van der Waals surface area contributed by atoms with Crippen LogP contribution in [-0.2, 0) is 6.54 Å². The van der Waals surface area contributed by atoms with Crippen molar-refractivity contribution in [3.63, 3.8) is 0 Å². The predicted molar refractivity (Wildman–Crippen MR) is 64.3 cm³/mol. The normalized spacial score (nSPS) is 11.5. The van der Waals surface area contributed by atoms with E-state index in [0.29, 0.717) is 5.56 Å². The molecule has 0 aliphatic rings. The van der Waals surface area contributed by atoms with E-state index < -0.39 is 16.4 Å². The molecule has 0 bridgehead atoms. The Bertz CT molecular complexity index is 419. The lowest BCUT2D eigenvalue weighted by Gasteiger charge is -2.24. The maximum Gasteiger partial charge on any atom is 0.305 e. The zero-order valence-corrected chi connectivity index (χ0v) is 10.3. The molecule has 1 rings (SSSR count). The monoisotopic (exact) mass is 240 g/mol. The molecule has 0 radical (unpaired) electrons. The van der Waals surface area contributed by atoms with Crippen molar-refractivity contribution < 1.29 is 9.31 Å². The highest BCUT2D eigenvalue weighted by atomic mass is 19.1. The lowest BCUT2D eigenvalue weighted by atomic mass is 10.0. The van der Waals surface area contributed by atoms with Gasteiger partial charge in [0.2, 0.25) is 5.82 Å². The lowest BCUT2D eigenvalue weighted by Crippen LogP contribution is -2.38. The van der Waals surface area contributed by atoms with Gasteiger partial charge in [0.25, 0.3) is 0 Å². The molecule has 17 heavy (non-hydrogen) atoms. The topological polar surface area (TPSA) is 55.2 Å². The molecule has 0 unspecified atom stereocenters. The first kappa shape index (κ1) is 13.6. The highest BCUT2D eigenvalue weighted by Crippen LogP contribution is 2.20. The van der Waals surface area contributed by atoms with E-state index in [9.17, 15) is 14.5 Å². The van der Waals surface area contributed by atoms with E-state index >= 15 is 0 Å². The first-order chi connectivity index (χ1) is 7.87. The zero-order chi connectivity index (χ0) is 13.1. The van der Waals surface area contributed by atoms with E-state index in [0.717, 1.165) is 6.42 Å². The summed E-state index contributed by atoms with van der Waals surface area (Å²) >= 11 is 0. The minimum atomic E-state index is -0.753. The number of benzene rings is 1. The lowest BCUT2D eigenvalue weighted by molar-refractivity contribution is -0.387. The summed E-state index contributed by atoms with van der Waals surface area (Å²) in [6.07, 6.45) is 0.892. The fourth-order valence-corrected chi connectivity index (χ4v) is 1.30. The Morgan fingerprint density at radius 1 is 1.47 bits per heavy atom. The van der Waals surface area contributed by atoms with Crippen LogP contribution in [0.5, 0.6) is 0 Å². The van der Waals surface area contributed by atoms with Gasteiger partial charge in [-0.1, -0.05) is 19.1 Å². The van der Waals surface area contributed by atoms with Crippen molar-refractivity contribution >= 4 is 5.69 Å². The van der Waals surface area contributed by atoms with E-state index in [4.69, 9.17) is 0 Å². The van der Waals surface area contributed by atoms with Gasteiger partial charge >= 0.3 is 5.69 Å². The summed E-state index contributed by atoms with van der Waals surface area (Å²) in [5, 5.41) is 13.7. The van der Waals surface area contributed by atoms with Gasteiger partial charge in [0.1, 0.15) is 0 Å². The molecule has 0 saturated heterocycles. The molecule has 4 nitrogen and oxygen atoms in total. The number of nitro benzene ring substituents is 1. The number of rotatable bonds is 5. The average Bonchev–Trinajstić information content (AvgIpc) is 2.27. The molecule has 0 aliphatic carbocycles. The van der Waals surface area contributed by atoms with Gasteiger partial charge in [0, 0.05) is 23.7 Å². The third kappa shape index (κ3) is 3.49. The van der Waals surface area contributed by atoms with Crippen molar-refractivity contribution in [1.82, 2.24) is 5.32 Å². The van der Waals surface area contributed by atoms with E-state index in [1.54, 1.807) is 6.07 Å². The molecular weight excluding hydrogens is 223 g/mol. The predicted octanol–water partition coefficient (Wildman–Crippen LogP) is 3.01. The van der Waals surface area contributed by atoms with Gasteiger partial charge < -0.3 is 5.32 Å². The van der Waals surface area contributed by atoms with Crippen LogP contribution in [0.15, 0.2) is 18.2 Å². The average molecular weight is 240 g/mol. The van der Waals surface area contributed by atoms with Crippen LogP contribution in [0.25, 0.3) is 0 Å². The molecule has 0 aliphatic heterocycles. The fraction of sp³-hybridized carbons (Fsp3) is 0.500. The van der Waals surface area contributed by atoms with Crippen LogP contribution in [0.3, 0.4) is 0 Å². The minimum Gasteiger partial charge on any atom is -0.308 e. The van der Waals surface area contributed by atoms with Gasteiger partial charge in [0.15, 0.2) is 0 Å². The van der Waals surface area contributed by atoms with Gasteiger partial charge in [-0.3, -0.25) is 10.1 Å². The number of hydrogen-bond donors (Lipinski definition) is 1. The van der Waals surface area contributed by atoms with Crippen LogP contribution in [0.4, 0.5) is 10.1 Å². The van der Waals surface area contributed by atoms with Crippen molar-refractivity contribution in [2.24, 2.45) is 0 Å². The van der Waals surface area contributed by atoms with Gasteiger partial charge in [-0.25, -0.2) is 0 Å². The van der Waals surface area contributed by atoms with Gasteiger partial charge in [0.05, 0.1) is 4.92 Å². The Balaban J connectivity index is 2.86. The summed E-state index contributed by atoms with van der Waals surface area (Å²) in [5.41, 5.74) is -0.267. The summed E-state index contributed by atoms with van der Waals surface area (Å²) in [7, 11) is 0. The number of nitrogens with one attached hydrogen (secondary N) is 1. The molecule has 1 aromatic carbocycles. The van der Waals surface area contributed by atoms with Crippen LogP contribution in [0.2, 0.25) is 0 Å². The molecule has 0 amide bonds. The Morgan fingerprint density at radius 2 is 2.12 bits per heavy atom. The smallest absolute Gasteiger partial charge is 0.305 e. The number of nitro groups is 1. The first-order valence-electron chi connectivity index (χ1n) is 5.54.